The summed E-state index contributed by atoms with van der Waals surface area (Å²) >= 11 is 0. The second-order valence-electron chi connectivity index (χ2n) is 5.82. The number of aliphatic imine (C=N–C) groups is 1. The standard InChI is InChI=1S/C17H27N3.HI/c1-4-18-17(20-16-12-14(16)3)19-11-10-13(2)15-8-6-5-7-9-15;/h5-9,13-14,16H,4,10-12H2,1-3H3,(H2,18,19,20);1H. The van der Waals surface area contributed by atoms with E-state index in [9.17, 15) is 0 Å². The van der Waals surface area contributed by atoms with Gasteiger partial charge in [-0.15, -0.1) is 24.0 Å². The summed E-state index contributed by atoms with van der Waals surface area (Å²) in [5, 5.41) is 6.82. The van der Waals surface area contributed by atoms with Crippen molar-refractivity contribution in [2.45, 2.75) is 45.6 Å². The van der Waals surface area contributed by atoms with Crippen molar-refractivity contribution < 1.29 is 0 Å². The zero-order chi connectivity index (χ0) is 14.4. The second-order valence-corrected chi connectivity index (χ2v) is 5.82. The van der Waals surface area contributed by atoms with Crippen LogP contribution in [0.3, 0.4) is 0 Å². The van der Waals surface area contributed by atoms with Gasteiger partial charge in [-0.05, 0) is 37.2 Å². The molecule has 0 saturated heterocycles. The van der Waals surface area contributed by atoms with Gasteiger partial charge in [0.1, 0.15) is 0 Å². The number of rotatable bonds is 6. The molecule has 3 unspecified atom stereocenters. The number of nitrogens with one attached hydrogen (secondary N) is 2. The monoisotopic (exact) mass is 401 g/mol. The lowest BCUT2D eigenvalue weighted by atomic mass is 9.98. The summed E-state index contributed by atoms with van der Waals surface area (Å²) in [4.78, 5) is 4.69. The van der Waals surface area contributed by atoms with E-state index < -0.39 is 0 Å². The van der Waals surface area contributed by atoms with E-state index >= 15 is 0 Å². The summed E-state index contributed by atoms with van der Waals surface area (Å²) in [6.07, 6.45) is 2.35. The molecule has 1 fully saturated rings. The highest BCUT2D eigenvalue weighted by molar-refractivity contribution is 14.0. The molecule has 21 heavy (non-hydrogen) atoms. The Kier molecular flexibility index (Phi) is 8.07. The van der Waals surface area contributed by atoms with Crippen LogP contribution in [0.4, 0.5) is 0 Å². The number of guanidine groups is 1. The molecule has 0 amide bonds. The fourth-order valence-electron chi connectivity index (χ4n) is 2.34. The van der Waals surface area contributed by atoms with Gasteiger partial charge in [0, 0.05) is 19.1 Å². The quantitative estimate of drug-likeness (QED) is 0.433. The first-order valence-electron chi connectivity index (χ1n) is 7.80. The van der Waals surface area contributed by atoms with Gasteiger partial charge < -0.3 is 10.6 Å². The fourth-order valence-corrected chi connectivity index (χ4v) is 2.34. The van der Waals surface area contributed by atoms with Crippen molar-refractivity contribution in [1.29, 1.82) is 0 Å². The maximum atomic E-state index is 4.69. The summed E-state index contributed by atoms with van der Waals surface area (Å²) in [6, 6.07) is 11.3. The van der Waals surface area contributed by atoms with Gasteiger partial charge in [-0.3, -0.25) is 4.99 Å². The largest absolute Gasteiger partial charge is 0.357 e. The van der Waals surface area contributed by atoms with Crippen molar-refractivity contribution in [3.05, 3.63) is 35.9 Å². The first kappa shape index (κ1) is 18.3. The van der Waals surface area contributed by atoms with Crippen LogP contribution in [0.1, 0.15) is 45.1 Å². The fraction of sp³-hybridized carbons (Fsp3) is 0.588. The zero-order valence-corrected chi connectivity index (χ0v) is 15.6. The molecule has 1 aliphatic rings. The van der Waals surface area contributed by atoms with E-state index in [1.807, 2.05) is 0 Å². The highest BCUT2D eigenvalue weighted by Crippen LogP contribution is 2.28. The molecule has 118 valence electrons. The molecule has 4 heteroatoms. The van der Waals surface area contributed by atoms with Crippen molar-refractivity contribution in [3.63, 3.8) is 0 Å². The van der Waals surface area contributed by atoms with Crippen molar-refractivity contribution in [1.82, 2.24) is 10.6 Å². The topological polar surface area (TPSA) is 36.4 Å². The van der Waals surface area contributed by atoms with Crippen LogP contribution in [0, 0.1) is 5.92 Å². The lowest BCUT2D eigenvalue weighted by molar-refractivity contribution is 0.681. The maximum absolute atomic E-state index is 4.69. The first-order chi connectivity index (χ1) is 9.70. The summed E-state index contributed by atoms with van der Waals surface area (Å²) in [6.45, 7) is 8.45. The van der Waals surface area contributed by atoms with E-state index in [1.54, 1.807) is 0 Å². The summed E-state index contributed by atoms with van der Waals surface area (Å²) in [7, 11) is 0. The lowest BCUT2D eigenvalue weighted by Gasteiger charge is -2.13. The van der Waals surface area contributed by atoms with Gasteiger partial charge in [0.15, 0.2) is 5.96 Å². The molecule has 2 rings (SSSR count). The molecule has 3 nitrogen and oxygen atoms in total. The molecular weight excluding hydrogens is 373 g/mol. The van der Waals surface area contributed by atoms with Crippen LogP contribution in [0.5, 0.6) is 0 Å². The lowest BCUT2D eigenvalue weighted by Crippen LogP contribution is -2.39. The number of hydrogen-bond acceptors (Lipinski definition) is 1. The minimum absolute atomic E-state index is 0. The van der Waals surface area contributed by atoms with Gasteiger partial charge in [0.25, 0.3) is 0 Å². The van der Waals surface area contributed by atoms with Gasteiger partial charge in [0.2, 0.25) is 0 Å². The van der Waals surface area contributed by atoms with E-state index in [0.717, 1.165) is 31.4 Å². The molecule has 0 bridgehead atoms. The number of halogens is 1. The zero-order valence-electron chi connectivity index (χ0n) is 13.3. The van der Waals surface area contributed by atoms with Crippen LogP contribution >= 0.6 is 24.0 Å². The van der Waals surface area contributed by atoms with E-state index in [2.05, 4.69) is 66.7 Å². The van der Waals surface area contributed by atoms with Crippen molar-refractivity contribution in [2.75, 3.05) is 13.1 Å². The Morgan fingerprint density at radius 2 is 2.00 bits per heavy atom. The van der Waals surface area contributed by atoms with E-state index in [-0.39, 0.29) is 24.0 Å². The molecule has 1 aromatic carbocycles. The predicted octanol–water partition coefficient (Wildman–Crippen LogP) is 3.76. The molecular formula is C17H28IN3. The van der Waals surface area contributed by atoms with E-state index in [1.165, 1.54) is 12.0 Å². The van der Waals surface area contributed by atoms with Gasteiger partial charge in [-0.1, -0.05) is 44.2 Å². The van der Waals surface area contributed by atoms with Gasteiger partial charge in [-0.2, -0.15) is 0 Å². The normalized spacial score (nSPS) is 22.1. The van der Waals surface area contributed by atoms with Crippen molar-refractivity contribution in [3.8, 4) is 0 Å². The van der Waals surface area contributed by atoms with Gasteiger partial charge in [0.05, 0.1) is 0 Å². The molecule has 0 spiro atoms. The van der Waals surface area contributed by atoms with Gasteiger partial charge in [-0.25, -0.2) is 0 Å². The number of nitrogens with zero attached hydrogens (tertiary/aromatic N) is 1. The Hall–Kier alpha value is -0.780. The molecule has 2 N–H and O–H groups in total. The highest BCUT2D eigenvalue weighted by Gasteiger charge is 2.33. The van der Waals surface area contributed by atoms with E-state index in [0.29, 0.717) is 12.0 Å². The smallest absolute Gasteiger partial charge is 0.191 e. The van der Waals surface area contributed by atoms with Crippen molar-refractivity contribution >= 4 is 29.9 Å². The Balaban J connectivity index is 0.00000220. The molecule has 0 heterocycles. The second kappa shape index (κ2) is 9.28. The van der Waals surface area contributed by atoms with E-state index in [4.69, 9.17) is 0 Å². The molecule has 1 aliphatic carbocycles. The molecule has 1 aromatic rings. The summed E-state index contributed by atoms with van der Waals surface area (Å²) in [5.74, 6) is 2.33. The van der Waals surface area contributed by atoms with Crippen LogP contribution < -0.4 is 10.6 Å². The first-order valence-corrected chi connectivity index (χ1v) is 7.80. The minimum Gasteiger partial charge on any atom is -0.357 e. The summed E-state index contributed by atoms with van der Waals surface area (Å²) in [5.41, 5.74) is 1.40. The Morgan fingerprint density at radius 1 is 1.33 bits per heavy atom. The average Bonchev–Trinajstić information content (AvgIpc) is 3.15. The number of benzene rings is 1. The third-order valence-electron chi connectivity index (χ3n) is 3.98. The SMILES string of the molecule is CCNC(=NCCC(C)c1ccccc1)NC1CC1C.I. The molecule has 0 radical (unpaired) electrons. The van der Waals surface area contributed by atoms with Crippen LogP contribution in [-0.4, -0.2) is 25.1 Å². The van der Waals surface area contributed by atoms with Crippen molar-refractivity contribution in [2.24, 2.45) is 10.9 Å². The Labute approximate surface area is 146 Å². The third-order valence-corrected chi connectivity index (χ3v) is 3.98. The molecule has 3 atom stereocenters. The third kappa shape index (κ3) is 6.24. The van der Waals surface area contributed by atoms with Crippen LogP contribution in [0.2, 0.25) is 0 Å². The van der Waals surface area contributed by atoms with Crippen LogP contribution in [0.25, 0.3) is 0 Å². The predicted molar refractivity (Wildman–Crippen MR) is 102 cm³/mol. The van der Waals surface area contributed by atoms with Crippen LogP contribution in [0.15, 0.2) is 35.3 Å². The Bertz CT molecular complexity index is 433. The molecule has 0 aromatic heterocycles. The van der Waals surface area contributed by atoms with Crippen LogP contribution in [-0.2, 0) is 0 Å². The highest BCUT2D eigenvalue weighted by atomic mass is 127. The average molecular weight is 401 g/mol. The maximum Gasteiger partial charge on any atom is 0.191 e. The molecule has 0 aliphatic heterocycles. The Morgan fingerprint density at radius 3 is 2.57 bits per heavy atom. The van der Waals surface area contributed by atoms with Gasteiger partial charge >= 0.3 is 0 Å². The number of hydrogen-bond donors (Lipinski definition) is 2. The molecule has 1 saturated carbocycles. The summed E-state index contributed by atoms with van der Waals surface area (Å²) < 4.78 is 0. The minimum atomic E-state index is 0.